The first-order chi connectivity index (χ1) is 8.79. The Balaban J connectivity index is 1.91. The average Bonchev–Trinajstić information content (AvgIpc) is 2.88. The predicted molar refractivity (Wildman–Crippen MR) is 71.2 cm³/mol. The summed E-state index contributed by atoms with van der Waals surface area (Å²) in [6, 6.07) is 10.4. The minimum Gasteiger partial charge on any atom is -0.421 e. The summed E-state index contributed by atoms with van der Waals surface area (Å²) < 4.78 is 5.62. The van der Waals surface area contributed by atoms with Gasteiger partial charge in [0.1, 0.15) is 0 Å². The SMILES string of the molecule is CCC(C)NCCc1nnc(-c2ccccc2)o1. The summed E-state index contributed by atoms with van der Waals surface area (Å²) in [6.45, 7) is 5.20. The van der Waals surface area contributed by atoms with E-state index in [0.717, 1.165) is 24.9 Å². The maximum absolute atomic E-state index is 5.62. The molecule has 0 radical (unpaired) electrons. The molecule has 1 heterocycles. The first kappa shape index (κ1) is 12.8. The molecule has 1 N–H and O–H groups in total. The fourth-order valence-electron chi connectivity index (χ4n) is 1.62. The van der Waals surface area contributed by atoms with Crippen LogP contribution in [0.3, 0.4) is 0 Å². The number of rotatable bonds is 6. The second kappa shape index (κ2) is 6.31. The Kier molecular flexibility index (Phi) is 4.47. The van der Waals surface area contributed by atoms with Gasteiger partial charge in [-0.2, -0.15) is 0 Å². The van der Waals surface area contributed by atoms with Crippen molar-refractivity contribution in [1.29, 1.82) is 0 Å². The molecule has 0 aliphatic heterocycles. The van der Waals surface area contributed by atoms with Gasteiger partial charge in [-0.25, -0.2) is 0 Å². The van der Waals surface area contributed by atoms with E-state index < -0.39 is 0 Å². The van der Waals surface area contributed by atoms with Crippen LogP contribution in [0.15, 0.2) is 34.7 Å². The molecule has 0 saturated heterocycles. The lowest BCUT2D eigenvalue weighted by Gasteiger charge is -2.08. The molecule has 4 heteroatoms. The summed E-state index contributed by atoms with van der Waals surface area (Å²) in [7, 11) is 0. The Morgan fingerprint density at radius 2 is 2.00 bits per heavy atom. The van der Waals surface area contributed by atoms with E-state index in [1.807, 2.05) is 30.3 Å². The summed E-state index contributed by atoms with van der Waals surface area (Å²) in [5, 5.41) is 11.5. The number of nitrogens with zero attached hydrogens (tertiary/aromatic N) is 2. The molecule has 96 valence electrons. The summed E-state index contributed by atoms with van der Waals surface area (Å²) in [5.74, 6) is 1.28. The fourth-order valence-corrected chi connectivity index (χ4v) is 1.62. The van der Waals surface area contributed by atoms with Crippen LogP contribution in [0.25, 0.3) is 11.5 Å². The van der Waals surface area contributed by atoms with Gasteiger partial charge in [0.05, 0.1) is 0 Å². The lowest BCUT2D eigenvalue weighted by Crippen LogP contribution is -2.27. The van der Waals surface area contributed by atoms with Crippen molar-refractivity contribution in [1.82, 2.24) is 15.5 Å². The van der Waals surface area contributed by atoms with Crippen molar-refractivity contribution in [3.63, 3.8) is 0 Å². The van der Waals surface area contributed by atoms with E-state index in [2.05, 4.69) is 29.4 Å². The molecule has 0 fully saturated rings. The molecule has 0 amide bonds. The zero-order valence-corrected chi connectivity index (χ0v) is 10.9. The van der Waals surface area contributed by atoms with Gasteiger partial charge in [0.15, 0.2) is 0 Å². The Morgan fingerprint density at radius 1 is 1.22 bits per heavy atom. The zero-order valence-electron chi connectivity index (χ0n) is 10.9. The van der Waals surface area contributed by atoms with Crippen molar-refractivity contribution in [2.24, 2.45) is 0 Å². The van der Waals surface area contributed by atoms with Gasteiger partial charge >= 0.3 is 0 Å². The number of benzene rings is 1. The standard InChI is InChI=1S/C14H19N3O/c1-3-11(2)15-10-9-13-16-17-14(18-13)12-7-5-4-6-8-12/h4-8,11,15H,3,9-10H2,1-2H3. The van der Waals surface area contributed by atoms with E-state index >= 15 is 0 Å². The van der Waals surface area contributed by atoms with Crippen LogP contribution in [0.5, 0.6) is 0 Å². The second-order valence-corrected chi connectivity index (χ2v) is 4.38. The lowest BCUT2D eigenvalue weighted by molar-refractivity contribution is 0.473. The predicted octanol–water partition coefficient (Wildman–Crippen LogP) is 2.67. The highest BCUT2D eigenvalue weighted by Gasteiger charge is 2.07. The van der Waals surface area contributed by atoms with Gasteiger partial charge in [0, 0.05) is 24.6 Å². The van der Waals surface area contributed by atoms with E-state index in [4.69, 9.17) is 4.42 Å². The molecule has 0 saturated carbocycles. The monoisotopic (exact) mass is 245 g/mol. The van der Waals surface area contributed by atoms with Gasteiger partial charge < -0.3 is 9.73 Å². The molecule has 2 aromatic rings. The van der Waals surface area contributed by atoms with E-state index in [1.54, 1.807) is 0 Å². The highest BCUT2D eigenvalue weighted by atomic mass is 16.4. The summed E-state index contributed by atoms with van der Waals surface area (Å²) in [6.07, 6.45) is 1.89. The van der Waals surface area contributed by atoms with Crippen molar-refractivity contribution < 1.29 is 4.42 Å². The van der Waals surface area contributed by atoms with Crippen molar-refractivity contribution in [3.05, 3.63) is 36.2 Å². The van der Waals surface area contributed by atoms with E-state index in [0.29, 0.717) is 17.8 Å². The Hall–Kier alpha value is -1.68. The quantitative estimate of drug-likeness (QED) is 0.850. The minimum absolute atomic E-state index is 0.529. The van der Waals surface area contributed by atoms with Gasteiger partial charge in [-0.05, 0) is 25.5 Å². The van der Waals surface area contributed by atoms with Crippen LogP contribution in [0.1, 0.15) is 26.2 Å². The molecule has 0 spiro atoms. The van der Waals surface area contributed by atoms with Gasteiger partial charge in [0.25, 0.3) is 0 Å². The van der Waals surface area contributed by atoms with E-state index in [9.17, 15) is 0 Å². The highest BCUT2D eigenvalue weighted by Crippen LogP contribution is 2.16. The molecule has 18 heavy (non-hydrogen) atoms. The molecule has 0 bridgehead atoms. The molecular formula is C14H19N3O. The van der Waals surface area contributed by atoms with Crippen molar-refractivity contribution >= 4 is 0 Å². The molecule has 1 aromatic heterocycles. The van der Waals surface area contributed by atoms with Gasteiger partial charge in [-0.15, -0.1) is 10.2 Å². The van der Waals surface area contributed by atoms with Crippen LogP contribution < -0.4 is 5.32 Å². The summed E-state index contributed by atoms with van der Waals surface area (Å²) >= 11 is 0. The van der Waals surface area contributed by atoms with Crippen LogP contribution in [0.4, 0.5) is 0 Å². The van der Waals surface area contributed by atoms with Crippen molar-refractivity contribution in [3.8, 4) is 11.5 Å². The number of hydrogen-bond acceptors (Lipinski definition) is 4. The summed E-state index contributed by atoms with van der Waals surface area (Å²) in [5.41, 5.74) is 0.964. The number of nitrogens with one attached hydrogen (secondary N) is 1. The Labute approximate surface area is 107 Å². The van der Waals surface area contributed by atoms with Gasteiger partial charge in [-0.1, -0.05) is 25.1 Å². The van der Waals surface area contributed by atoms with Crippen LogP contribution in [-0.4, -0.2) is 22.8 Å². The first-order valence-electron chi connectivity index (χ1n) is 6.40. The Morgan fingerprint density at radius 3 is 2.72 bits per heavy atom. The minimum atomic E-state index is 0.529. The summed E-state index contributed by atoms with van der Waals surface area (Å²) in [4.78, 5) is 0. The second-order valence-electron chi connectivity index (χ2n) is 4.38. The molecule has 0 aliphatic carbocycles. The third kappa shape index (κ3) is 3.40. The Bertz CT molecular complexity index is 467. The van der Waals surface area contributed by atoms with Gasteiger partial charge in [-0.3, -0.25) is 0 Å². The van der Waals surface area contributed by atoms with Crippen molar-refractivity contribution in [2.45, 2.75) is 32.7 Å². The zero-order chi connectivity index (χ0) is 12.8. The van der Waals surface area contributed by atoms with Gasteiger partial charge in [0.2, 0.25) is 11.8 Å². The average molecular weight is 245 g/mol. The smallest absolute Gasteiger partial charge is 0.247 e. The topological polar surface area (TPSA) is 51.0 Å². The lowest BCUT2D eigenvalue weighted by atomic mass is 10.2. The van der Waals surface area contributed by atoms with Crippen LogP contribution >= 0.6 is 0 Å². The first-order valence-corrected chi connectivity index (χ1v) is 6.40. The number of hydrogen-bond donors (Lipinski definition) is 1. The number of aromatic nitrogens is 2. The maximum Gasteiger partial charge on any atom is 0.247 e. The molecule has 0 aliphatic rings. The molecule has 4 nitrogen and oxygen atoms in total. The highest BCUT2D eigenvalue weighted by molar-refractivity contribution is 5.51. The molecule has 1 aromatic carbocycles. The van der Waals surface area contributed by atoms with E-state index in [-0.39, 0.29) is 0 Å². The normalized spacial score (nSPS) is 12.6. The molecule has 2 rings (SSSR count). The molecule has 1 atom stereocenters. The maximum atomic E-state index is 5.62. The molecule has 1 unspecified atom stereocenters. The fraction of sp³-hybridized carbons (Fsp3) is 0.429. The van der Waals surface area contributed by atoms with Crippen LogP contribution in [0.2, 0.25) is 0 Å². The largest absolute Gasteiger partial charge is 0.421 e. The van der Waals surface area contributed by atoms with E-state index in [1.165, 1.54) is 0 Å². The third-order valence-corrected chi connectivity index (χ3v) is 2.93. The third-order valence-electron chi connectivity index (χ3n) is 2.93. The van der Waals surface area contributed by atoms with Crippen LogP contribution in [-0.2, 0) is 6.42 Å². The van der Waals surface area contributed by atoms with Crippen LogP contribution in [0, 0.1) is 0 Å². The molecular weight excluding hydrogens is 226 g/mol. The van der Waals surface area contributed by atoms with Crippen molar-refractivity contribution in [2.75, 3.05) is 6.54 Å².